The van der Waals surface area contributed by atoms with Crippen LogP contribution in [-0.2, 0) is 13.0 Å². The monoisotopic (exact) mass is 295 g/mol. The van der Waals surface area contributed by atoms with E-state index in [0.29, 0.717) is 19.4 Å². The van der Waals surface area contributed by atoms with Crippen molar-refractivity contribution >= 4 is 27.6 Å². The molecule has 22 heavy (non-hydrogen) atoms. The van der Waals surface area contributed by atoms with Crippen molar-refractivity contribution in [3.8, 4) is 0 Å². The zero-order valence-corrected chi connectivity index (χ0v) is 12.4. The van der Waals surface area contributed by atoms with E-state index in [9.17, 15) is 9.18 Å². The van der Waals surface area contributed by atoms with E-state index in [0.717, 1.165) is 29.4 Å². The standard InChI is InChI=1S/C19H18FNO/c20-11-4-12-21-16-7-2-1-5-15(16)19-14-6-3-8-18(22)13(14)9-10-17(19)21/h1-2,5,7,9-10H,3-4,6,8,11-12H2. The zero-order chi connectivity index (χ0) is 15.1. The summed E-state index contributed by atoms with van der Waals surface area (Å²) in [6, 6.07) is 12.3. The highest BCUT2D eigenvalue weighted by atomic mass is 19.1. The fraction of sp³-hybridized carbons (Fsp3) is 0.316. The van der Waals surface area contributed by atoms with Gasteiger partial charge in [0.05, 0.1) is 6.67 Å². The number of para-hydroxylation sites is 1. The lowest BCUT2D eigenvalue weighted by Crippen LogP contribution is -2.11. The second kappa shape index (κ2) is 5.24. The molecule has 112 valence electrons. The Morgan fingerprint density at radius 3 is 2.77 bits per heavy atom. The van der Waals surface area contributed by atoms with Crippen LogP contribution in [0.15, 0.2) is 36.4 Å². The number of nitrogens with zero attached hydrogens (tertiary/aromatic N) is 1. The minimum absolute atomic E-state index is 0.253. The van der Waals surface area contributed by atoms with Gasteiger partial charge in [-0.25, -0.2) is 0 Å². The summed E-state index contributed by atoms with van der Waals surface area (Å²) in [5.41, 5.74) is 4.33. The van der Waals surface area contributed by atoms with Gasteiger partial charge < -0.3 is 4.57 Å². The van der Waals surface area contributed by atoms with Gasteiger partial charge in [-0.15, -0.1) is 0 Å². The third-order valence-corrected chi connectivity index (χ3v) is 4.69. The summed E-state index contributed by atoms with van der Waals surface area (Å²) in [4.78, 5) is 12.2. The summed E-state index contributed by atoms with van der Waals surface area (Å²) >= 11 is 0. The van der Waals surface area contributed by atoms with Gasteiger partial charge >= 0.3 is 0 Å². The van der Waals surface area contributed by atoms with Crippen molar-refractivity contribution in [2.75, 3.05) is 6.67 Å². The van der Waals surface area contributed by atoms with Crippen molar-refractivity contribution in [1.82, 2.24) is 4.57 Å². The second-order valence-electron chi connectivity index (χ2n) is 5.97. The minimum Gasteiger partial charge on any atom is -0.340 e. The van der Waals surface area contributed by atoms with Gasteiger partial charge in [-0.3, -0.25) is 9.18 Å². The molecule has 0 spiro atoms. The highest BCUT2D eigenvalue weighted by molar-refractivity contribution is 6.13. The molecule has 2 aromatic carbocycles. The molecule has 4 rings (SSSR count). The molecule has 0 saturated heterocycles. The lowest BCUT2D eigenvalue weighted by Gasteiger charge is -2.16. The van der Waals surface area contributed by atoms with Crippen LogP contribution in [0.1, 0.15) is 35.2 Å². The number of ketones is 1. The Morgan fingerprint density at radius 2 is 1.91 bits per heavy atom. The van der Waals surface area contributed by atoms with Crippen molar-refractivity contribution in [2.24, 2.45) is 0 Å². The largest absolute Gasteiger partial charge is 0.340 e. The molecule has 1 aliphatic rings. The van der Waals surface area contributed by atoms with Crippen LogP contribution in [0.3, 0.4) is 0 Å². The van der Waals surface area contributed by atoms with Crippen LogP contribution in [0.5, 0.6) is 0 Å². The Hall–Kier alpha value is -2.16. The van der Waals surface area contributed by atoms with Crippen LogP contribution in [0.25, 0.3) is 21.8 Å². The molecule has 1 aromatic heterocycles. The van der Waals surface area contributed by atoms with Crippen LogP contribution in [0.4, 0.5) is 4.39 Å². The van der Waals surface area contributed by atoms with Crippen molar-refractivity contribution in [3.63, 3.8) is 0 Å². The molecule has 0 radical (unpaired) electrons. The van der Waals surface area contributed by atoms with E-state index in [-0.39, 0.29) is 12.5 Å². The second-order valence-corrected chi connectivity index (χ2v) is 5.97. The van der Waals surface area contributed by atoms with E-state index >= 15 is 0 Å². The van der Waals surface area contributed by atoms with Crippen LogP contribution >= 0.6 is 0 Å². The van der Waals surface area contributed by atoms with E-state index in [4.69, 9.17) is 0 Å². The van der Waals surface area contributed by atoms with Gasteiger partial charge in [0.2, 0.25) is 0 Å². The number of benzene rings is 2. The lowest BCUT2D eigenvalue weighted by atomic mass is 9.87. The van der Waals surface area contributed by atoms with E-state index in [1.807, 2.05) is 24.3 Å². The Morgan fingerprint density at radius 1 is 1.05 bits per heavy atom. The molecular weight excluding hydrogens is 277 g/mol. The molecule has 0 bridgehead atoms. The van der Waals surface area contributed by atoms with Gasteiger partial charge in [0.1, 0.15) is 0 Å². The van der Waals surface area contributed by atoms with Crippen LogP contribution < -0.4 is 0 Å². The first kappa shape index (κ1) is 13.5. The first-order chi connectivity index (χ1) is 10.8. The van der Waals surface area contributed by atoms with Gasteiger partial charge in [-0.05, 0) is 43.0 Å². The quantitative estimate of drug-likeness (QED) is 0.688. The highest BCUT2D eigenvalue weighted by Crippen LogP contribution is 2.36. The Labute approximate surface area is 128 Å². The number of fused-ring (bicyclic) bond motifs is 5. The summed E-state index contributed by atoms with van der Waals surface area (Å²) in [5, 5.41) is 2.38. The van der Waals surface area contributed by atoms with Gasteiger partial charge in [0, 0.05) is 40.3 Å². The number of hydrogen-bond acceptors (Lipinski definition) is 1. The molecular formula is C19H18FNO. The van der Waals surface area contributed by atoms with E-state index in [1.165, 1.54) is 16.3 Å². The molecule has 0 atom stereocenters. The van der Waals surface area contributed by atoms with Gasteiger partial charge in [0.15, 0.2) is 5.78 Å². The van der Waals surface area contributed by atoms with Crippen LogP contribution in [0.2, 0.25) is 0 Å². The minimum atomic E-state index is -0.308. The Kier molecular flexibility index (Phi) is 3.21. The molecule has 2 nitrogen and oxygen atoms in total. The Bertz CT molecular complexity index is 878. The van der Waals surface area contributed by atoms with Crippen molar-refractivity contribution < 1.29 is 9.18 Å². The number of hydrogen-bond donors (Lipinski definition) is 0. The van der Waals surface area contributed by atoms with Gasteiger partial charge in [-0.2, -0.15) is 0 Å². The molecule has 0 unspecified atom stereocenters. The lowest BCUT2D eigenvalue weighted by molar-refractivity contribution is 0.0973. The molecule has 1 aliphatic carbocycles. The SMILES string of the molecule is O=C1CCCc2c1ccc1c2c2ccccc2n1CCCF. The smallest absolute Gasteiger partial charge is 0.163 e. The van der Waals surface area contributed by atoms with Crippen molar-refractivity contribution in [1.29, 1.82) is 0 Å². The zero-order valence-electron chi connectivity index (χ0n) is 12.4. The van der Waals surface area contributed by atoms with Crippen molar-refractivity contribution in [2.45, 2.75) is 32.2 Å². The molecule has 0 N–H and O–H groups in total. The molecule has 1 heterocycles. The topological polar surface area (TPSA) is 22.0 Å². The predicted molar refractivity (Wildman–Crippen MR) is 87.3 cm³/mol. The van der Waals surface area contributed by atoms with Gasteiger partial charge in [-0.1, -0.05) is 18.2 Å². The van der Waals surface area contributed by atoms with E-state index < -0.39 is 0 Å². The average molecular weight is 295 g/mol. The average Bonchev–Trinajstić information content (AvgIpc) is 2.87. The summed E-state index contributed by atoms with van der Waals surface area (Å²) in [7, 11) is 0. The molecule has 0 fully saturated rings. The molecule has 0 aliphatic heterocycles. The number of rotatable bonds is 3. The normalized spacial score (nSPS) is 14.7. The number of Topliss-reactive ketones (excluding diaryl/α,β-unsaturated/α-hetero) is 1. The fourth-order valence-corrected chi connectivity index (χ4v) is 3.75. The number of carbonyl (C=O) groups is 1. The van der Waals surface area contributed by atoms with Gasteiger partial charge in [0.25, 0.3) is 0 Å². The maximum absolute atomic E-state index is 12.7. The van der Waals surface area contributed by atoms with Crippen LogP contribution in [0, 0.1) is 0 Å². The van der Waals surface area contributed by atoms with E-state index in [2.05, 4.69) is 16.7 Å². The number of halogens is 1. The number of carbonyl (C=O) groups excluding carboxylic acids is 1. The van der Waals surface area contributed by atoms with Crippen LogP contribution in [-0.4, -0.2) is 17.0 Å². The first-order valence-electron chi connectivity index (χ1n) is 7.93. The summed E-state index contributed by atoms with van der Waals surface area (Å²) in [6.45, 7) is 0.366. The Balaban J connectivity index is 2.09. The number of alkyl halides is 1. The summed E-state index contributed by atoms with van der Waals surface area (Å²) < 4.78 is 14.8. The summed E-state index contributed by atoms with van der Waals surface area (Å²) in [6.07, 6.45) is 3.05. The summed E-state index contributed by atoms with van der Waals surface area (Å²) in [5.74, 6) is 0.253. The third kappa shape index (κ3) is 1.88. The molecule has 3 heteroatoms. The highest BCUT2D eigenvalue weighted by Gasteiger charge is 2.22. The molecule has 0 amide bonds. The predicted octanol–water partition coefficient (Wildman–Crippen LogP) is 4.67. The fourth-order valence-electron chi connectivity index (χ4n) is 3.75. The maximum Gasteiger partial charge on any atom is 0.163 e. The molecule has 3 aromatic rings. The van der Waals surface area contributed by atoms with E-state index in [1.54, 1.807) is 0 Å². The first-order valence-corrected chi connectivity index (χ1v) is 7.93. The number of aryl methyl sites for hydroxylation is 2. The van der Waals surface area contributed by atoms with Crippen molar-refractivity contribution in [3.05, 3.63) is 47.5 Å². The maximum atomic E-state index is 12.7. The third-order valence-electron chi connectivity index (χ3n) is 4.69. The molecule has 0 saturated carbocycles. The number of aromatic nitrogens is 1.